The molecule has 0 bridgehead atoms. The van der Waals surface area contributed by atoms with Gasteiger partial charge in [0.25, 0.3) is 0 Å². The summed E-state index contributed by atoms with van der Waals surface area (Å²) in [5.41, 5.74) is 1.04. The Labute approximate surface area is 84.7 Å². The summed E-state index contributed by atoms with van der Waals surface area (Å²) in [6.07, 6.45) is 5.41. The van der Waals surface area contributed by atoms with Crippen LogP contribution in [0.2, 0.25) is 0 Å². The van der Waals surface area contributed by atoms with Crippen LogP contribution in [0, 0.1) is 0 Å². The van der Waals surface area contributed by atoms with Crippen molar-refractivity contribution in [2.75, 3.05) is 20.8 Å². The van der Waals surface area contributed by atoms with E-state index in [1.54, 1.807) is 19.6 Å². The van der Waals surface area contributed by atoms with E-state index in [0.29, 0.717) is 6.04 Å². The highest BCUT2D eigenvalue weighted by molar-refractivity contribution is 5.04. The summed E-state index contributed by atoms with van der Waals surface area (Å²) >= 11 is 0. The fraction of sp³-hybridized carbons (Fsp3) is 0.600. The van der Waals surface area contributed by atoms with E-state index in [0.717, 1.165) is 25.1 Å². The maximum absolute atomic E-state index is 5.01. The first kappa shape index (κ1) is 11.1. The van der Waals surface area contributed by atoms with Gasteiger partial charge in [-0.2, -0.15) is 0 Å². The molecule has 4 heteroatoms. The van der Waals surface area contributed by atoms with E-state index in [1.165, 1.54) is 0 Å². The Kier molecular flexibility index (Phi) is 5.11. The minimum Gasteiger partial charge on any atom is -0.385 e. The summed E-state index contributed by atoms with van der Waals surface area (Å²) in [6.45, 7) is 0.795. The SMILES string of the molecule is CNC(CCCOC)c1ccncn1. The Bertz CT molecular complexity index is 240. The minimum atomic E-state index is 0.299. The lowest BCUT2D eigenvalue weighted by atomic mass is 10.1. The van der Waals surface area contributed by atoms with Crippen LogP contribution >= 0.6 is 0 Å². The first-order valence-electron chi connectivity index (χ1n) is 4.80. The van der Waals surface area contributed by atoms with E-state index >= 15 is 0 Å². The zero-order valence-corrected chi connectivity index (χ0v) is 8.73. The van der Waals surface area contributed by atoms with E-state index in [-0.39, 0.29) is 0 Å². The van der Waals surface area contributed by atoms with Crippen molar-refractivity contribution in [1.82, 2.24) is 15.3 Å². The number of aromatic nitrogens is 2. The van der Waals surface area contributed by atoms with Crippen LogP contribution in [0.1, 0.15) is 24.6 Å². The van der Waals surface area contributed by atoms with E-state index in [4.69, 9.17) is 4.74 Å². The number of nitrogens with one attached hydrogen (secondary N) is 1. The maximum atomic E-state index is 5.01. The zero-order chi connectivity index (χ0) is 10.2. The summed E-state index contributed by atoms with van der Waals surface area (Å²) in [6, 6.07) is 2.24. The Morgan fingerprint density at radius 2 is 2.43 bits per heavy atom. The highest BCUT2D eigenvalue weighted by atomic mass is 16.5. The van der Waals surface area contributed by atoms with E-state index in [9.17, 15) is 0 Å². The van der Waals surface area contributed by atoms with Gasteiger partial charge in [0.2, 0.25) is 0 Å². The number of methoxy groups -OCH3 is 1. The monoisotopic (exact) mass is 195 g/mol. The fourth-order valence-electron chi connectivity index (χ4n) is 1.38. The second-order valence-electron chi connectivity index (χ2n) is 3.11. The number of hydrogen-bond donors (Lipinski definition) is 1. The summed E-state index contributed by atoms with van der Waals surface area (Å²) in [4.78, 5) is 8.11. The molecule has 1 heterocycles. The highest BCUT2D eigenvalue weighted by Gasteiger charge is 2.08. The highest BCUT2D eigenvalue weighted by Crippen LogP contribution is 2.14. The molecule has 0 saturated heterocycles. The average Bonchev–Trinajstić information content (AvgIpc) is 2.26. The molecule has 0 saturated carbocycles. The Morgan fingerprint density at radius 3 is 3.00 bits per heavy atom. The standard InChI is InChI=1S/C10H17N3O/c1-11-9(4-3-7-14-2)10-5-6-12-8-13-10/h5-6,8-9,11H,3-4,7H2,1-2H3. The lowest BCUT2D eigenvalue weighted by molar-refractivity contribution is 0.189. The van der Waals surface area contributed by atoms with Crippen LogP contribution < -0.4 is 5.32 Å². The summed E-state index contributed by atoms with van der Waals surface area (Å²) in [5, 5.41) is 3.23. The number of ether oxygens (including phenoxy) is 1. The van der Waals surface area contributed by atoms with E-state index in [1.807, 2.05) is 13.1 Å². The predicted octanol–water partition coefficient (Wildman–Crippen LogP) is 1.16. The van der Waals surface area contributed by atoms with Gasteiger partial charge in [0.05, 0.1) is 5.69 Å². The zero-order valence-electron chi connectivity index (χ0n) is 8.73. The summed E-state index contributed by atoms with van der Waals surface area (Å²) < 4.78 is 5.01. The normalized spacial score (nSPS) is 12.7. The van der Waals surface area contributed by atoms with Crippen molar-refractivity contribution in [2.45, 2.75) is 18.9 Å². The predicted molar refractivity (Wildman–Crippen MR) is 54.9 cm³/mol. The van der Waals surface area contributed by atoms with Crippen LogP contribution in [0.15, 0.2) is 18.6 Å². The summed E-state index contributed by atoms with van der Waals surface area (Å²) in [5.74, 6) is 0. The molecule has 1 aromatic heterocycles. The van der Waals surface area contributed by atoms with Gasteiger partial charge in [0.1, 0.15) is 6.33 Å². The maximum Gasteiger partial charge on any atom is 0.115 e. The van der Waals surface area contributed by atoms with Gasteiger partial charge in [0, 0.05) is 26.0 Å². The molecule has 0 aliphatic heterocycles. The fourth-order valence-corrected chi connectivity index (χ4v) is 1.38. The molecular weight excluding hydrogens is 178 g/mol. The molecule has 1 N–H and O–H groups in total. The van der Waals surface area contributed by atoms with Crippen LogP contribution in [-0.2, 0) is 4.74 Å². The van der Waals surface area contributed by atoms with Crippen molar-refractivity contribution in [3.8, 4) is 0 Å². The lowest BCUT2D eigenvalue weighted by Gasteiger charge is -2.14. The Morgan fingerprint density at radius 1 is 1.57 bits per heavy atom. The smallest absolute Gasteiger partial charge is 0.115 e. The number of rotatable bonds is 6. The molecule has 1 rings (SSSR count). The van der Waals surface area contributed by atoms with Gasteiger partial charge in [-0.25, -0.2) is 9.97 Å². The molecule has 78 valence electrons. The molecule has 1 aromatic rings. The van der Waals surface area contributed by atoms with E-state index < -0.39 is 0 Å². The van der Waals surface area contributed by atoms with E-state index in [2.05, 4.69) is 15.3 Å². The van der Waals surface area contributed by atoms with Crippen LogP contribution in [0.25, 0.3) is 0 Å². The van der Waals surface area contributed by atoms with Crippen molar-refractivity contribution in [3.05, 3.63) is 24.3 Å². The molecule has 0 aliphatic carbocycles. The third kappa shape index (κ3) is 3.40. The molecule has 1 unspecified atom stereocenters. The van der Waals surface area contributed by atoms with Crippen molar-refractivity contribution in [3.63, 3.8) is 0 Å². The molecule has 0 aliphatic rings. The van der Waals surface area contributed by atoms with Crippen molar-refractivity contribution in [1.29, 1.82) is 0 Å². The molecule has 0 radical (unpaired) electrons. The van der Waals surface area contributed by atoms with Crippen LogP contribution in [0.3, 0.4) is 0 Å². The second kappa shape index (κ2) is 6.45. The van der Waals surface area contributed by atoms with Crippen LogP contribution in [0.4, 0.5) is 0 Å². The first-order valence-corrected chi connectivity index (χ1v) is 4.80. The van der Waals surface area contributed by atoms with Crippen LogP contribution in [0.5, 0.6) is 0 Å². The molecule has 1 atom stereocenters. The third-order valence-electron chi connectivity index (χ3n) is 2.15. The average molecular weight is 195 g/mol. The quantitative estimate of drug-likeness (QED) is 0.692. The molecule has 0 fully saturated rings. The van der Waals surface area contributed by atoms with Crippen molar-refractivity contribution in [2.24, 2.45) is 0 Å². The molecule has 4 nitrogen and oxygen atoms in total. The topological polar surface area (TPSA) is 47.0 Å². The number of nitrogens with zero attached hydrogens (tertiary/aromatic N) is 2. The van der Waals surface area contributed by atoms with Gasteiger partial charge in [-0.3, -0.25) is 0 Å². The van der Waals surface area contributed by atoms with Gasteiger partial charge in [-0.15, -0.1) is 0 Å². The first-order chi connectivity index (χ1) is 6.88. The van der Waals surface area contributed by atoms with Crippen molar-refractivity contribution >= 4 is 0 Å². The number of hydrogen-bond acceptors (Lipinski definition) is 4. The van der Waals surface area contributed by atoms with Gasteiger partial charge < -0.3 is 10.1 Å². The van der Waals surface area contributed by atoms with Crippen LogP contribution in [-0.4, -0.2) is 30.7 Å². The second-order valence-corrected chi connectivity index (χ2v) is 3.11. The molecule has 0 amide bonds. The van der Waals surface area contributed by atoms with Crippen molar-refractivity contribution < 1.29 is 4.74 Å². The van der Waals surface area contributed by atoms with Gasteiger partial charge in [-0.05, 0) is 26.0 Å². The third-order valence-corrected chi connectivity index (χ3v) is 2.15. The Balaban J connectivity index is 2.46. The largest absolute Gasteiger partial charge is 0.385 e. The molecule has 0 spiro atoms. The van der Waals surface area contributed by atoms with Gasteiger partial charge >= 0.3 is 0 Å². The molecule has 0 aromatic carbocycles. The Hall–Kier alpha value is -1.00. The summed E-state index contributed by atoms with van der Waals surface area (Å²) in [7, 11) is 3.67. The lowest BCUT2D eigenvalue weighted by Crippen LogP contribution is -2.18. The minimum absolute atomic E-state index is 0.299. The molecular formula is C10H17N3O. The molecule has 14 heavy (non-hydrogen) atoms. The van der Waals surface area contributed by atoms with Gasteiger partial charge in [-0.1, -0.05) is 0 Å². The van der Waals surface area contributed by atoms with Gasteiger partial charge in [0.15, 0.2) is 0 Å².